The van der Waals surface area contributed by atoms with Crippen LogP contribution >= 0.6 is 0 Å². The molecule has 4 aromatic rings. The van der Waals surface area contributed by atoms with Gasteiger partial charge in [0.05, 0.1) is 24.7 Å². The Labute approximate surface area is 178 Å². The van der Waals surface area contributed by atoms with Crippen LogP contribution in [0.5, 0.6) is 5.75 Å². The minimum Gasteiger partial charge on any atom is -0.494 e. The zero-order valence-electron chi connectivity index (χ0n) is 16.9. The monoisotopic (exact) mass is 418 g/mol. The molecular formula is C21H22N8O2. The molecule has 0 fully saturated rings. The third-order valence-electron chi connectivity index (χ3n) is 5.08. The van der Waals surface area contributed by atoms with Crippen LogP contribution in [-0.4, -0.2) is 53.8 Å². The number of nitrogens with one attached hydrogen (secondary N) is 1. The number of fused-ring (bicyclic) bond motifs is 10. The molecule has 6 bridgehead atoms. The Bertz CT molecular complexity index is 1200. The lowest BCUT2D eigenvalue weighted by atomic mass is 10.2. The molecule has 0 spiro atoms. The molecule has 158 valence electrons. The fraction of sp³-hybridized carbons (Fsp3) is 0.333. The van der Waals surface area contributed by atoms with Gasteiger partial charge in [-0.25, -0.2) is 9.97 Å². The summed E-state index contributed by atoms with van der Waals surface area (Å²) in [6, 6.07) is 7.61. The van der Waals surface area contributed by atoms with Gasteiger partial charge in [-0.15, -0.1) is 5.10 Å². The molecule has 1 aromatic carbocycles. The molecule has 0 unspecified atom stereocenters. The lowest BCUT2D eigenvalue weighted by molar-refractivity contribution is -0.121. The van der Waals surface area contributed by atoms with Gasteiger partial charge in [-0.3, -0.25) is 9.48 Å². The minimum absolute atomic E-state index is 0.0485. The first kappa shape index (κ1) is 19.2. The summed E-state index contributed by atoms with van der Waals surface area (Å²) in [6.45, 7) is 1.80. The van der Waals surface area contributed by atoms with Gasteiger partial charge in [0.25, 0.3) is 0 Å². The molecule has 0 aliphatic carbocycles. The van der Waals surface area contributed by atoms with E-state index in [1.165, 1.54) is 0 Å². The second kappa shape index (κ2) is 8.50. The number of aromatic nitrogens is 7. The van der Waals surface area contributed by atoms with Crippen LogP contribution in [-0.2, 0) is 17.8 Å². The highest BCUT2D eigenvalue weighted by Crippen LogP contribution is 2.19. The lowest BCUT2D eigenvalue weighted by Crippen LogP contribution is -2.25. The van der Waals surface area contributed by atoms with E-state index in [4.69, 9.17) is 4.74 Å². The van der Waals surface area contributed by atoms with Gasteiger partial charge in [0.15, 0.2) is 11.2 Å². The molecule has 2 aliphatic rings. The highest BCUT2D eigenvalue weighted by Gasteiger charge is 2.12. The Morgan fingerprint density at radius 3 is 2.90 bits per heavy atom. The van der Waals surface area contributed by atoms with Gasteiger partial charge in [0, 0.05) is 32.1 Å². The second-order valence-electron chi connectivity index (χ2n) is 7.43. The van der Waals surface area contributed by atoms with Gasteiger partial charge in [-0.2, -0.15) is 9.78 Å². The van der Waals surface area contributed by atoms with Crippen LogP contribution < -0.4 is 10.1 Å². The van der Waals surface area contributed by atoms with Gasteiger partial charge in [0.2, 0.25) is 5.91 Å². The van der Waals surface area contributed by atoms with E-state index in [1.54, 1.807) is 10.9 Å². The summed E-state index contributed by atoms with van der Waals surface area (Å²) < 4.78 is 9.32. The first-order chi connectivity index (χ1) is 15.2. The average Bonchev–Trinajstić information content (AvgIpc) is 3.40. The van der Waals surface area contributed by atoms with Gasteiger partial charge < -0.3 is 10.1 Å². The number of benzene rings is 1. The van der Waals surface area contributed by atoms with Gasteiger partial charge in [-0.05, 0) is 42.7 Å². The summed E-state index contributed by atoms with van der Waals surface area (Å²) in [6.07, 6.45) is 7.96. The molecule has 5 heterocycles. The molecule has 10 nitrogen and oxygen atoms in total. The van der Waals surface area contributed by atoms with Gasteiger partial charge in [-0.1, -0.05) is 5.21 Å². The van der Waals surface area contributed by atoms with Crippen molar-refractivity contribution in [1.82, 2.24) is 40.1 Å². The zero-order valence-corrected chi connectivity index (χ0v) is 16.9. The maximum Gasteiger partial charge on any atom is 0.220 e. The van der Waals surface area contributed by atoms with Crippen molar-refractivity contribution in [3.63, 3.8) is 0 Å². The van der Waals surface area contributed by atoms with E-state index in [0.717, 1.165) is 29.8 Å². The number of hydrogen-bond acceptors (Lipinski definition) is 7. The Balaban J connectivity index is 1.45. The first-order valence-electron chi connectivity index (χ1n) is 10.3. The maximum absolute atomic E-state index is 12.0. The summed E-state index contributed by atoms with van der Waals surface area (Å²) in [5, 5.41) is 15.7. The number of carbonyl (C=O) groups excluding carboxylic acids is 1. The first-order valence-corrected chi connectivity index (χ1v) is 10.3. The molecule has 2 aliphatic heterocycles. The van der Waals surface area contributed by atoms with Crippen molar-refractivity contribution in [2.45, 2.75) is 32.2 Å². The normalized spacial score (nSPS) is 15.4. The van der Waals surface area contributed by atoms with Crippen LogP contribution in [0, 0.1) is 0 Å². The topological polar surface area (TPSA) is 113 Å². The predicted molar refractivity (Wildman–Crippen MR) is 112 cm³/mol. The van der Waals surface area contributed by atoms with Crippen molar-refractivity contribution < 1.29 is 9.53 Å². The van der Waals surface area contributed by atoms with Crippen LogP contribution in [0.3, 0.4) is 0 Å². The maximum atomic E-state index is 12.0. The molecule has 1 amide bonds. The van der Waals surface area contributed by atoms with Crippen molar-refractivity contribution in [3.05, 3.63) is 54.2 Å². The van der Waals surface area contributed by atoms with Crippen molar-refractivity contribution in [2.75, 3.05) is 13.2 Å². The molecule has 0 radical (unpaired) electrons. The summed E-state index contributed by atoms with van der Waals surface area (Å²) >= 11 is 0. The molecular weight excluding hydrogens is 396 g/mol. The smallest absolute Gasteiger partial charge is 0.220 e. The van der Waals surface area contributed by atoms with E-state index >= 15 is 0 Å². The molecule has 31 heavy (non-hydrogen) atoms. The van der Waals surface area contributed by atoms with Crippen molar-refractivity contribution in [2.24, 2.45) is 0 Å². The van der Waals surface area contributed by atoms with Gasteiger partial charge >= 0.3 is 0 Å². The number of rotatable bonds is 0. The number of hydrogen-bond donors (Lipinski definition) is 1. The van der Waals surface area contributed by atoms with Crippen LogP contribution in [0.1, 0.15) is 30.7 Å². The molecule has 3 aromatic heterocycles. The third kappa shape index (κ3) is 4.37. The molecule has 0 saturated heterocycles. The number of carbonyl (C=O) groups is 1. The van der Waals surface area contributed by atoms with E-state index in [1.807, 2.05) is 41.3 Å². The second-order valence-corrected chi connectivity index (χ2v) is 7.43. The Morgan fingerprint density at radius 2 is 2.00 bits per heavy atom. The van der Waals surface area contributed by atoms with Crippen molar-refractivity contribution in [1.29, 1.82) is 0 Å². The van der Waals surface area contributed by atoms with Crippen LogP contribution in [0.2, 0.25) is 0 Å². The minimum atomic E-state index is 0.0485. The fourth-order valence-corrected chi connectivity index (χ4v) is 3.49. The SMILES string of the molecule is O=C1CCCn2cc(cn2)Cc2ncc3nnn(c3n2)-c2ccc(cc2)OCCCN1. The molecule has 10 heteroatoms. The quantitative estimate of drug-likeness (QED) is 0.462. The van der Waals surface area contributed by atoms with Crippen LogP contribution in [0.15, 0.2) is 42.9 Å². The predicted octanol–water partition coefficient (Wildman–Crippen LogP) is 1.68. The van der Waals surface area contributed by atoms with E-state index in [-0.39, 0.29) is 5.91 Å². The zero-order chi connectivity index (χ0) is 21.0. The molecule has 0 atom stereocenters. The summed E-state index contributed by atoms with van der Waals surface area (Å²) in [7, 11) is 0. The summed E-state index contributed by atoms with van der Waals surface area (Å²) in [4.78, 5) is 21.1. The summed E-state index contributed by atoms with van der Waals surface area (Å²) in [5.74, 6) is 1.48. The fourth-order valence-electron chi connectivity index (χ4n) is 3.49. The third-order valence-corrected chi connectivity index (χ3v) is 5.08. The number of aryl methyl sites for hydroxylation is 1. The largest absolute Gasteiger partial charge is 0.494 e. The number of ether oxygens (including phenoxy) is 1. The van der Waals surface area contributed by atoms with E-state index < -0.39 is 0 Å². The highest BCUT2D eigenvalue weighted by atomic mass is 16.5. The van der Waals surface area contributed by atoms with E-state index in [9.17, 15) is 4.79 Å². The standard InChI is InChI=1S/C21H22N8O2/c30-20-3-1-9-28-14-15(12-24-28)11-19-23-13-18-21(25-19)29(27-26-18)16-4-6-17(7-5-16)31-10-2-8-22-20/h4-7,12-14H,1-3,8-11H2,(H,22,30). The Morgan fingerprint density at radius 1 is 1.10 bits per heavy atom. The summed E-state index contributed by atoms with van der Waals surface area (Å²) in [5.41, 5.74) is 3.14. The van der Waals surface area contributed by atoms with E-state index in [2.05, 4.69) is 30.7 Å². The molecule has 0 saturated carbocycles. The van der Waals surface area contributed by atoms with Gasteiger partial charge in [0.1, 0.15) is 11.6 Å². The lowest BCUT2D eigenvalue weighted by Gasteiger charge is -2.08. The van der Waals surface area contributed by atoms with E-state index in [0.29, 0.717) is 49.5 Å². The Hall–Kier alpha value is -3.82. The Kier molecular flexibility index (Phi) is 5.26. The van der Waals surface area contributed by atoms with Crippen LogP contribution in [0.25, 0.3) is 16.9 Å². The number of amides is 1. The van der Waals surface area contributed by atoms with Crippen molar-refractivity contribution in [3.8, 4) is 11.4 Å². The molecule has 1 N–H and O–H groups in total. The molecule has 6 rings (SSSR count). The van der Waals surface area contributed by atoms with Crippen molar-refractivity contribution >= 4 is 17.1 Å². The number of nitrogens with zero attached hydrogens (tertiary/aromatic N) is 7. The average molecular weight is 418 g/mol. The van der Waals surface area contributed by atoms with Crippen LogP contribution in [0.4, 0.5) is 0 Å². The highest BCUT2D eigenvalue weighted by molar-refractivity contribution is 5.75.